The fraction of sp³-hybridized carbons (Fsp3) is 0.0909. The highest BCUT2D eigenvalue weighted by atomic mass is 79.9. The zero-order valence-electron chi connectivity index (χ0n) is 9.03. The van der Waals surface area contributed by atoms with Crippen molar-refractivity contribution >= 4 is 55.3 Å². The van der Waals surface area contributed by atoms with Crippen LogP contribution in [0.3, 0.4) is 0 Å². The van der Waals surface area contributed by atoms with Crippen molar-refractivity contribution in [2.24, 2.45) is 5.73 Å². The van der Waals surface area contributed by atoms with Crippen LogP contribution >= 0.6 is 39.5 Å². The van der Waals surface area contributed by atoms with Gasteiger partial charge >= 0.3 is 0 Å². The van der Waals surface area contributed by atoms with Gasteiger partial charge in [-0.2, -0.15) is 0 Å². The molecule has 0 bridgehead atoms. The Hall–Kier alpha value is -0.980. The van der Waals surface area contributed by atoms with Crippen molar-refractivity contribution in [3.63, 3.8) is 0 Å². The lowest BCUT2D eigenvalue weighted by molar-refractivity contribution is 1.26. The minimum atomic E-state index is 0.369. The first-order chi connectivity index (χ1) is 8.06. The molecule has 3 nitrogen and oxygen atoms in total. The van der Waals surface area contributed by atoms with Crippen LogP contribution in [0.4, 0.5) is 10.8 Å². The number of nitrogens with two attached hydrogens (primary N) is 1. The maximum Gasteiger partial charge on any atom is 0.187 e. The molecule has 0 saturated heterocycles. The van der Waals surface area contributed by atoms with Gasteiger partial charge in [0.2, 0.25) is 0 Å². The van der Waals surface area contributed by atoms with Crippen LogP contribution in [0.15, 0.2) is 28.1 Å². The molecule has 0 saturated carbocycles. The smallest absolute Gasteiger partial charge is 0.187 e. The first-order valence-corrected chi connectivity index (χ1v) is 6.93. The molecule has 2 rings (SSSR count). The van der Waals surface area contributed by atoms with Crippen LogP contribution in [0.5, 0.6) is 0 Å². The molecular formula is C11H10BrN3S2. The fourth-order valence-corrected chi connectivity index (χ4v) is 2.60. The number of hydrogen-bond donors (Lipinski definition) is 2. The van der Waals surface area contributed by atoms with Crippen molar-refractivity contribution in [1.82, 2.24) is 4.98 Å². The Morgan fingerprint density at radius 2 is 2.29 bits per heavy atom. The Balaban J connectivity index is 2.37. The van der Waals surface area contributed by atoms with E-state index in [-0.39, 0.29) is 0 Å². The molecule has 88 valence electrons. The Morgan fingerprint density at radius 3 is 2.88 bits per heavy atom. The zero-order valence-corrected chi connectivity index (χ0v) is 12.2. The number of hydrogen-bond acceptors (Lipinski definition) is 4. The number of aryl methyl sites for hydroxylation is 1. The molecule has 0 radical (unpaired) electrons. The Labute approximate surface area is 117 Å². The molecule has 6 heteroatoms. The molecule has 0 unspecified atom stereocenters. The first-order valence-electron chi connectivity index (χ1n) is 4.85. The molecular weight excluding hydrogens is 318 g/mol. The normalized spacial score (nSPS) is 10.2. The Kier molecular flexibility index (Phi) is 3.76. The van der Waals surface area contributed by atoms with Gasteiger partial charge in [0.15, 0.2) is 5.13 Å². The van der Waals surface area contributed by atoms with Crippen molar-refractivity contribution in [3.05, 3.63) is 39.3 Å². The number of rotatable bonds is 3. The van der Waals surface area contributed by atoms with E-state index in [9.17, 15) is 0 Å². The van der Waals surface area contributed by atoms with Crippen molar-refractivity contribution in [1.29, 1.82) is 0 Å². The third kappa shape index (κ3) is 3.02. The second-order valence-electron chi connectivity index (χ2n) is 3.47. The standard InChI is InChI=1S/C11H10BrN3S2/c1-6-5-17-11(14-6)15-9-4-7(12)2-3-8(9)10(13)16/h2-5H,1H3,(H2,13,16)(H,14,15). The molecule has 3 N–H and O–H groups in total. The van der Waals surface area contributed by atoms with Crippen molar-refractivity contribution < 1.29 is 0 Å². The van der Waals surface area contributed by atoms with E-state index < -0.39 is 0 Å². The van der Waals surface area contributed by atoms with Gasteiger partial charge in [-0.3, -0.25) is 0 Å². The number of benzene rings is 1. The topological polar surface area (TPSA) is 50.9 Å². The van der Waals surface area contributed by atoms with Crippen molar-refractivity contribution in [2.45, 2.75) is 6.92 Å². The number of nitrogens with zero attached hydrogens (tertiary/aromatic N) is 1. The average molecular weight is 328 g/mol. The van der Waals surface area contributed by atoms with Gasteiger partial charge < -0.3 is 11.1 Å². The van der Waals surface area contributed by atoms with Crippen LogP contribution in [0.2, 0.25) is 0 Å². The molecule has 0 aliphatic carbocycles. The number of nitrogens with one attached hydrogen (secondary N) is 1. The molecule has 0 atom stereocenters. The summed E-state index contributed by atoms with van der Waals surface area (Å²) in [4.78, 5) is 4.71. The summed E-state index contributed by atoms with van der Waals surface area (Å²) in [5, 5.41) is 6.04. The second kappa shape index (κ2) is 5.12. The summed E-state index contributed by atoms with van der Waals surface area (Å²) in [5.41, 5.74) is 8.35. The van der Waals surface area contributed by atoms with Crippen LogP contribution in [-0.4, -0.2) is 9.97 Å². The van der Waals surface area contributed by atoms with Crippen LogP contribution < -0.4 is 11.1 Å². The number of aromatic nitrogens is 1. The molecule has 0 amide bonds. The highest BCUT2D eigenvalue weighted by Gasteiger charge is 2.07. The highest BCUT2D eigenvalue weighted by molar-refractivity contribution is 9.10. The Bertz CT molecular complexity index is 566. The monoisotopic (exact) mass is 327 g/mol. The summed E-state index contributed by atoms with van der Waals surface area (Å²) >= 11 is 9.99. The van der Waals surface area contributed by atoms with Gasteiger partial charge in [0.05, 0.1) is 11.4 Å². The minimum Gasteiger partial charge on any atom is -0.389 e. The van der Waals surface area contributed by atoms with Crippen LogP contribution in [0, 0.1) is 6.92 Å². The van der Waals surface area contributed by atoms with Gasteiger partial charge in [0.1, 0.15) is 4.99 Å². The van der Waals surface area contributed by atoms with Crippen LogP contribution in [0.25, 0.3) is 0 Å². The lowest BCUT2D eigenvalue weighted by Gasteiger charge is -2.09. The van der Waals surface area contributed by atoms with Gasteiger partial charge in [0, 0.05) is 15.4 Å². The van der Waals surface area contributed by atoms with E-state index in [1.54, 1.807) is 11.3 Å². The van der Waals surface area contributed by atoms with Crippen LogP contribution in [-0.2, 0) is 0 Å². The van der Waals surface area contributed by atoms with Crippen molar-refractivity contribution in [3.8, 4) is 0 Å². The van der Waals surface area contributed by atoms with Crippen molar-refractivity contribution in [2.75, 3.05) is 5.32 Å². The molecule has 0 aliphatic rings. The van der Waals surface area contributed by atoms with Gasteiger partial charge in [-0.1, -0.05) is 28.1 Å². The highest BCUT2D eigenvalue weighted by Crippen LogP contribution is 2.26. The quantitative estimate of drug-likeness (QED) is 0.846. The largest absolute Gasteiger partial charge is 0.389 e. The fourth-order valence-electron chi connectivity index (χ4n) is 1.36. The summed E-state index contributed by atoms with van der Waals surface area (Å²) < 4.78 is 0.966. The molecule has 0 spiro atoms. The van der Waals surface area contributed by atoms with E-state index in [4.69, 9.17) is 18.0 Å². The molecule has 17 heavy (non-hydrogen) atoms. The van der Waals surface area contributed by atoms with Gasteiger partial charge in [-0.15, -0.1) is 11.3 Å². The Morgan fingerprint density at radius 1 is 1.53 bits per heavy atom. The predicted molar refractivity (Wildman–Crippen MR) is 80.2 cm³/mol. The third-order valence-electron chi connectivity index (χ3n) is 2.11. The van der Waals surface area contributed by atoms with E-state index in [2.05, 4.69) is 26.2 Å². The first kappa shape index (κ1) is 12.5. The van der Waals surface area contributed by atoms with E-state index in [0.717, 1.165) is 26.5 Å². The molecule has 2 aromatic rings. The summed E-state index contributed by atoms with van der Waals surface area (Å²) in [6, 6.07) is 5.73. The lowest BCUT2D eigenvalue weighted by Crippen LogP contribution is -2.11. The van der Waals surface area contributed by atoms with E-state index in [0.29, 0.717) is 4.99 Å². The van der Waals surface area contributed by atoms with E-state index in [1.807, 2.05) is 30.5 Å². The zero-order chi connectivity index (χ0) is 12.4. The molecule has 1 aromatic heterocycles. The maximum atomic E-state index is 5.68. The predicted octanol–water partition coefficient (Wildman–Crippen LogP) is 3.59. The summed E-state index contributed by atoms with van der Waals surface area (Å²) in [5.74, 6) is 0. The molecule has 0 fully saturated rings. The van der Waals surface area contributed by atoms with E-state index >= 15 is 0 Å². The van der Waals surface area contributed by atoms with Gasteiger partial charge in [-0.25, -0.2) is 4.98 Å². The minimum absolute atomic E-state index is 0.369. The maximum absolute atomic E-state index is 5.68. The summed E-state index contributed by atoms with van der Waals surface area (Å²) in [6.45, 7) is 1.96. The van der Waals surface area contributed by atoms with E-state index in [1.165, 1.54) is 0 Å². The SMILES string of the molecule is Cc1csc(Nc2cc(Br)ccc2C(N)=S)n1. The average Bonchev–Trinajstić information content (AvgIpc) is 2.63. The summed E-state index contributed by atoms with van der Waals surface area (Å²) in [6.07, 6.45) is 0. The van der Waals surface area contributed by atoms with Gasteiger partial charge in [-0.05, 0) is 25.1 Å². The second-order valence-corrected chi connectivity index (χ2v) is 5.69. The lowest BCUT2D eigenvalue weighted by atomic mass is 10.2. The number of anilines is 2. The molecule has 1 aromatic carbocycles. The molecule has 0 aliphatic heterocycles. The third-order valence-corrected chi connectivity index (χ3v) is 3.70. The van der Waals surface area contributed by atoms with Crippen LogP contribution in [0.1, 0.15) is 11.3 Å². The number of thiazole rings is 1. The summed E-state index contributed by atoms with van der Waals surface area (Å²) in [7, 11) is 0. The van der Waals surface area contributed by atoms with Gasteiger partial charge in [0.25, 0.3) is 0 Å². The number of thiocarbonyl (C=S) groups is 1. The number of halogens is 1. The molecule has 1 heterocycles.